The average molecular weight is 362 g/mol. The standard InChI is InChI=1S/C22H22N2OS/c1-15-5-3-6-18(12-15)22-23-19(14-26-22)13-21(25)24-10-4-7-17-11-16(2)8-9-20(17)24/h3,5-6,8-9,11-12,14H,4,7,10,13H2,1-2H3. The van der Waals surface area contributed by atoms with E-state index in [9.17, 15) is 4.79 Å². The van der Waals surface area contributed by atoms with Gasteiger partial charge in [0.1, 0.15) is 5.01 Å². The molecule has 2 heterocycles. The molecule has 1 aromatic heterocycles. The lowest BCUT2D eigenvalue weighted by atomic mass is 9.99. The van der Waals surface area contributed by atoms with Crippen molar-refractivity contribution in [2.24, 2.45) is 0 Å². The van der Waals surface area contributed by atoms with Gasteiger partial charge >= 0.3 is 0 Å². The number of thiazole rings is 1. The lowest BCUT2D eigenvalue weighted by Gasteiger charge is -2.29. The number of carbonyl (C=O) groups excluding carboxylic acids is 1. The first kappa shape index (κ1) is 17.0. The van der Waals surface area contributed by atoms with Gasteiger partial charge in [-0.2, -0.15) is 0 Å². The zero-order valence-corrected chi connectivity index (χ0v) is 16.0. The second kappa shape index (κ2) is 7.04. The zero-order valence-electron chi connectivity index (χ0n) is 15.2. The van der Waals surface area contributed by atoms with E-state index in [0.717, 1.165) is 41.3 Å². The van der Waals surface area contributed by atoms with E-state index in [-0.39, 0.29) is 5.91 Å². The molecule has 0 atom stereocenters. The Labute approximate surface area is 158 Å². The summed E-state index contributed by atoms with van der Waals surface area (Å²) in [6.45, 7) is 4.98. The van der Waals surface area contributed by atoms with Gasteiger partial charge in [0, 0.05) is 23.2 Å². The van der Waals surface area contributed by atoms with Gasteiger partial charge in [0.05, 0.1) is 12.1 Å². The number of carbonyl (C=O) groups is 1. The van der Waals surface area contributed by atoms with Crippen LogP contribution in [0.25, 0.3) is 10.6 Å². The number of hydrogen-bond acceptors (Lipinski definition) is 3. The van der Waals surface area contributed by atoms with Crippen molar-refractivity contribution >= 4 is 22.9 Å². The number of rotatable bonds is 3. The molecule has 1 amide bonds. The summed E-state index contributed by atoms with van der Waals surface area (Å²) in [7, 11) is 0. The molecule has 0 radical (unpaired) electrons. The third kappa shape index (κ3) is 3.42. The maximum atomic E-state index is 12.9. The fourth-order valence-electron chi connectivity index (χ4n) is 3.53. The highest BCUT2D eigenvalue weighted by Crippen LogP contribution is 2.29. The van der Waals surface area contributed by atoms with E-state index in [1.165, 1.54) is 16.7 Å². The van der Waals surface area contributed by atoms with Crippen molar-refractivity contribution in [3.8, 4) is 10.6 Å². The topological polar surface area (TPSA) is 33.2 Å². The molecular weight excluding hydrogens is 340 g/mol. The molecule has 0 unspecified atom stereocenters. The van der Waals surface area contributed by atoms with Crippen LogP contribution < -0.4 is 4.90 Å². The molecule has 0 saturated heterocycles. The maximum absolute atomic E-state index is 12.9. The van der Waals surface area contributed by atoms with Crippen LogP contribution in [0.1, 0.15) is 28.8 Å². The van der Waals surface area contributed by atoms with Gasteiger partial charge in [0.2, 0.25) is 5.91 Å². The highest BCUT2D eigenvalue weighted by atomic mass is 32.1. The largest absolute Gasteiger partial charge is 0.312 e. The van der Waals surface area contributed by atoms with Crippen LogP contribution in [0.15, 0.2) is 47.8 Å². The molecule has 3 aromatic rings. The summed E-state index contributed by atoms with van der Waals surface area (Å²) in [4.78, 5) is 19.5. The van der Waals surface area contributed by atoms with Gasteiger partial charge in [-0.15, -0.1) is 11.3 Å². The zero-order chi connectivity index (χ0) is 18.1. The predicted octanol–water partition coefficient (Wildman–Crippen LogP) is 4.95. The van der Waals surface area contributed by atoms with Gasteiger partial charge < -0.3 is 4.90 Å². The van der Waals surface area contributed by atoms with Crippen molar-refractivity contribution in [3.63, 3.8) is 0 Å². The van der Waals surface area contributed by atoms with Gasteiger partial charge in [-0.1, -0.05) is 41.5 Å². The minimum Gasteiger partial charge on any atom is -0.312 e. The van der Waals surface area contributed by atoms with Crippen molar-refractivity contribution in [2.45, 2.75) is 33.1 Å². The van der Waals surface area contributed by atoms with Crippen LogP contribution in [0.2, 0.25) is 0 Å². The highest BCUT2D eigenvalue weighted by Gasteiger charge is 2.23. The van der Waals surface area contributed by atoms with Gasteiger partial charge in [0.25, 0.3) is 0 Å². The molecule has 2 aromatic carbocycles. The summed E-state index contributed by atoms with van der Waals surface area (Å²) in [5, 5.41) is 2.99. The second-order valence-electron chi connectivity index (χ2n) is 6.97. The molecule has 0 spiro atoms. The number of anilines is 1. The van der Waals surface area contributed by atoms with Gasteiger partial charge in [-0.05, 0) is 44.4 Å². The molecule has 0 aliphatic carbocycles. The number of nitrogens with zero attached hydrogens (tertiary/aromatic N) is 2. The quantitative estimate of drug-likeness (QED) is 0.660. The van der Waals surface area contributed by atoms with E-state index in [0.29, 0.717) is 6.42 Å². The third-order valence-corrected chi connectivity index (χ3v) is 5.74. The normalized spacial score (nSPS) is 13.5. The SMILES string of the molecule is Cc1cccc(-c2nc(CC(=O)N3CCCc4cc(C)ccc43)cs2)c1. The van der Waals surface area contributed by atoms with E-state index in [1.54, 1.807) is 11.3 Å². The fourth-order valence-corrected chi connectivity index (χ4v) is 4.35. The molecule has 0 saturated carbocycles. The van der Waals surface area contributed by atoms with E-state index < -0.39 is 0 Å². The lowest BCUT2D eigenvalue weighted by molar-refractivity contribution is -0.118. The Kier molecular flexibility index (Phi) is 4.60. The Morgan fingerprint density at radius 1 is 1.15 bits per heavy atom. The van der Waals surface area contributed by atoms with E-state index >= 15 is 0 Å². The monoisotopic (exact) mass is 362 g/mol. The molecule has 0 bridgehead atoms. The van der Waals surface area contributed by atoms with Crippen LogP contribution >= 0.6 is 11.3 Å². The lowest BCUT2D eigenvalue weighted by Crippen LogP contribution is -2.36. The smallest absolute Gasteiger partial charge is 0.233 e. The van der Waals surface area contributed by atoms with Crippen LogP contribution in [0, 0.1) is 13.8 Å². The number of fused-ring (bicyclic) bond motifs is 1. The summed E-state index contributed by atoms with van der Waals surface area (Å²) in [6.07, 6.45) is 2.43. The summed E-state index contributed by atoms with van der Waals surface area (Å²) in [5.74, 6) is 0.135. The molecule has 3 nitrogen and oxygen atoms in total. The van der Waals surface area contributed by atoms with Crippen molar-refractivity contribution in [1.29, 1.82) is 0 Å². The summed E-state index contributed by atoms with van der Waals surface area (Å²) < 4.78 is 0. The highest BCUT2D eigenvalue weighted by molar-refractivity contribution is 7.13. The molecule has 26 heavy (non-hydrogen) atoms. The molecule has 0 N–H and O–H groups in total. The molecule has 132 valence electrons. The third-order valence-electron chi connectivity index (χ3n) is 4.80. The minimum atomic E-state index is 0.135. The van der Waals surface area contributed by atoms with Gasteiger partial charge in [-0.3, -0.25) is 4.79 Å². The molecule has 1 aliphatic heterocycles. The van der Waals surface area contributed by atoms with Crippen LogP contribution in [-0.4, -0.2) is 17.4 Å². The van der Waals surface area contributed by atoms with Crippen molar-refractivity contribution in [2.75, 3.05) is 11.4 Å². The fraction of sp³-hybridized carbons (Fsp3) is 0.273. The van der Waals surface area contributed by atoms with E-state index in [4.69, 9.17) is 4.98 Å². The van der Waals surface area contributed by atoms with Crippen molar-refractivity contribution < 1.29 is 4.79 Å². The predicted molar refractivity (Wildman–Crippen MR) is 108 cm³/mol. The van der Waals surface area contributed by atoms with Gasteiger partial charge in [-0.25, -0.2) is 4.98 Å². The molecule has 4 heteroatoms. The van der Waals surface area contributed by atoms with Gasteiger partial charge in [0.15, 0.2) is 0 Å². The number of aromatic nitrogens is 1. The second-order valence-corrected chi connectivity index (χ2v) is 7.83. The number of aryl methyl sites for hydroxylation is 3. The molecular formula is C22H22N2OS. The first-order chi connectivity index (χ1) is 12.6. The van der Waals surface area contributed by atoms with Crippen LogP contribution in [0.4, 0.5) is 5.69 Å². The summed E-state index contributed by atoms with van der Waals surface area (Å²) in [5.41, 5.74) is 6.79. The van der Waals surface area contributed by atoms with E-state index in [1.807, 2.05) is 16.3 Å². The number of amides is 1. The Bertz CT molecular complexity index is 960. The Balaban J connectivity index is 1.53. The van der Waals surface area contributed by atoms with E-state index in [2.05, 4.69) is 50.2 Å². The Morgan fingerprint density at radius 3 is 2.85 bits per heavy atom. The molecule has 1 aliphatic rings. The Morgan fingerprint density at radius 2 is 2.00 bits per heavy atom. The molecule has 4 rings (SSSR count). The molecule has 0 fully saturated rings. The maximum Gasteiger partial charge on any atom is 0.233 e. The number of benzene rings is 2. The van der Waals surface area contributed by atoms with Crippen LogP contribution in [0.3, 0.4) is 0 Å². The summed E-state index contributed by atoms with van der Waals surface area (Å²) >= 11 is 1.61. The first-order valence-corrected chi connectivity index (χ1v) is 9.89. The van der Waals surface area contributed by atoms with Crippen LogP contribution in [0.5, 0.6) is 0 Å². The number of hydrogen-bond donors (Lipinski definition) is 0. The van der Waals surface area contributed by atoms with Crippen molar-refractivity contribution in [3.05, 3.63) is 70.2 Å². The summed E-state index contributed by atoms with van der Waals surface area (Å²) in [6, 6.07) is 14.7. The average Bonchev–Trinajstić information content (AvgIpc) is 3.09. The minimum absolute atomic E-state index is 0.135. The van der Waals surface area contributed by atoms with Crippen LogP contribution in [-0.2, 0) is 17.6 Å². The Hall–Kier alpha value is -2.46. The first-order valence-electron chi connectivity index (χ1n) is 9.01. The van der Waals surface area contributed by atoms with Crippen molar-refractivity contribution in [1.82, 2.24) is 4.98 Å².